The van der Waals surface area contributed by atoms with Crippen LogP contribution in [-0.2, 0) is 0 Å². The van der Waals surface area contributed by atoms with E-state index in [4.69, 9.17) is 16.3 Å². The minimum atomic E-state index is -0.649. The van der Waals surface area contributed by atoms with Gasteiger partial charge in [-0.2, -0.15) is 0 Å². The Hall–Kier alpha value is -2.53. The van der Waals surface area contributed by atoms with Gasteiger partial charge in [0.25, 0.3) is 0 Å². The topological polar surface area (TPSA) is 83.8 Å². The highest BCUT2D eigenvalue weighted by Gasteiger charge is 2.36. The van der Waals surface area contributed by atoms with Crippen LogP contribution in [0.25, 0.3) is 0 Å². The van der Waals surface area contributed by atoms with Crippen molar-refractivity contribution in [3.63, 3.8) is 0 Å². The molecule has 0 atom stereocenters. The fourth-order valence-corrected chi connectivity index (χ4v) is 2.86. The summed E-state index contributed by atoms with van der Waals surface area (Å²) >= 11 is 5.93. The van der Waals surface area contributed by atoms with Crippen molar-refractivity contribution in [2.75, 3.05) is 7.11 Å². The lowest BCUT2D eigenvalue weighted by molar-refractivity contribution is 0.0974. The van der Waals surface area contributed by atoms with Crippen molar-refractivity contribution < 1.29 is 24.5 Å². The van der Waals surface area contributed by atoms with Crippen LogP contribution in [0.15, 0.2) is 18.2 Å². The molecule has 0 saturated carbocycles. The number of phenols is 2. The lowest BCUT2D eigenvalue weighted by atomic mass is 9.82. The maximum absolute atomic E-state index is 12.6. The second-order valence-electron chi connectivity index (χ2n) is 5.03. The summed E-state index contributed by atoms with van der Waals surface area (Å²) in [7, 11) is 1.34. The van der Waals surface area contributed by atoms with Crippen molar-refractivity contribution in [3.8, 4) is 17.2 Å². The molecule has 0 fully saturated rings. The van der Waals surface area contributed by atoms with Gasteiger partial charge >= 0.3 is 0 Å². The van der Waals surface area contributed by atoms with Gasteiger partial charge in [-0.25, -0.2) is 0 Å². The third kappa shape index (κ3) is 1.79. The maximum Gasteiger partial charge on any atom is 0.202 e. The van der Waals surface area contributed by atoms with Gasteiger partial charge in [0.15, 0.2) is 5.78 Å². The van der Waals surface area contributed by atoms with E-state index in [9.17, 15) is 19.8 Å². The quantitative estimate of drug-likeness (QED) is 0.720. The molecule has 0 aromatic heterocycles. The smallest absolute Gasteiger partial charge is 0.202 e. The lowest BCUT2D eigenvalue weighted by Crippen LogP contribution is -2.21. The molecule has 0 unspecified atom stereocenters. The third-order valence-corrected chi connectivity index (χ3v) is 4.00. The maximum atomic E-state index is 12.6. The highest BCUT2D eigenvalue weighted by molar-refractivity contribution is 6.37. The number of hydrogen-bond donors (Lipinski definition) is 2. The van der Waals surface area contributed by atoms with Gasteiger partial charge in [-0.15, -0.1) is 0 Å². The zero-order valence-electron chi connectivity index (χ0n) is 11.7. The van der Waals surface area contributed by atoms with Crippen LogP contribution in [-0.4, -0.2) is 28.9 Å². The van der Waals surface area contributed by atoms with Crippen molar-refractivity contribution in [2.45, 2.75) is 6.92 Å². The predicted molar refractivity (Wildman–Crippen MR) is 79.4 cm³/mol. The van der Waals surface area contributed by atoms with E-state index >= 15 is 0 Å². The molecule has 0 radical (unpaired) electrons. The summed E-state index contributed by atoms with van der Waals surface area (Å²) in [5, 5.41) is 20.0. The SMILES string of the molecule is COc1cc2c(c(O)c1Cl)C(=O)c1c(O)cc(C)cc1C2=O. The van der Waals surface area contributed by atoms with E-state index in [1.165, 1.54) is 25.3 Å². The van der Waals surface area contributed by atoms with Crippen LogP contribution in [0.2, 0.25) is 5.02 Å². The number of carbonyl (C=O) groups excluding carboxylic acids is 2. The van der Waals surface area contributed by atoms with Gasteiger partial charge in [-0.1, -0.05) is 11.6 Å². The molecule has 22 heavy (non-hydrogen) atoms. The molecule has 3 rings (SSSR count). The molecule has 6 heteroatoms. The van der Waals surface area contributed by atoms with Crippen molar-refractivity contribution in [3.05, 3.63) is 51.0 Å². The Morgan fingerprint density at radius 2 is 1.64 bits per heavy atom. The highest BCUT2D eigenvalue weighted by atomic mass is 35.5. The van der Waals surface area contributed by atoms with Crippen LogP contribution < -0.4 is 4.74 Å². The third-order valence-electron chi connectivity index (χ3n) is 3.63. The van der Waals surface area contributed by atoms with Crippen molar-refractivity contribution in [1.82, 2.24) is 0 Å². The monoisotopic (exact) mass is 318 g/mol. The van der Waals surface area contributed by atoms with Crippen molar-refractivity contribution in [2.24, 2.45) is 0 Å². The fourth-order valence-electron chi connectivity index (χ4n) is 2.63. The molecular weight excluding hydrogens is 308 g/mol. The second kappa shape index (κ2) is 4.74. The standard InChI is InChI=1S/C16H11ClO5/c1-6-3-7-11(9(18)4-6)15(20)12-8(14(7)19)5-10(22-2)13(17)16(12)21/h3-5,18,21H,1-2H3. The molecule has 5 nitrogen and oxygen atoms in total. The molecule has 0 spiro atoms. The van der Waals surface area contributed by atoms with Crippen LogP contribution in [0.3, 0.4) is 0 Å². The largest absolute Gasteiger partial charge is 0.507 e. The van der Waals surface area contributed by atoms with E-state index < -0.39 is 17.3 Å². The number of ketones is 2. The average molecular weight is 319 g/mol. The molecule has 2 aromatic rings. The predicted octanol–water partition coefficient (Wildman–Crippen LogP) is 2.84. The minimum absolute atomic E-state index is 0.00116. The van der Waals surface area contributed by atoms with Crippen LogP contribution >= 0.6 is 11.6 Å². The molecule has 0 amide bonds. The van der Waals surface area contributed by atoms with Crippen molar-refractivity contribution in [1.29, 1.82) is 0 Å². The highest BCUT2D eigenvalue weighted by Crippen LogP contribution is 2.44. The van der Waals surface area contributed by atoms with Crippen LogP contribution in [0, 0.1) is 6.92 Å². The second-order valence-corrected chi connectivity index (χ2v) is 5.41. The van der Waals surface area contributed by atoms with E-state index in [1.807, 2.05) is 0 Å². The summed E-state index contributed by atoms with van der Waals surface area (Å²) in [6, 6.07) is 4.23. The molecule has 0 aliphatic heterocycles. The molecule has 112 valence electrons. The summed E-state index contributed by atoms with van der Waals surface area (Å²) in [5.41, 5.74) is 0.396. The van der Waals surface area contributed by atoms with Crippen LogP contribution in [0.5, 0.6) is 17.2 Å². The van der Waals surface area contributed by atoms with Crippen LogP contribution in [0.4, 0.5) is 0 Å². The Balaban J connectivity index is 2.39. The number of methoxy groups -OCH3 is 1. The summed E-state index contributed by atoms with van der Waals surface area (Å²) < 4.78 is 5.01. The number of aryl methyl sites for hydroxylation is 1. The summed E-state index contributed by atoms with van der Waals surface area (Å²) in [6.07, 6.45) is 0. The molecule has 0 bridgehead atoms. The molecule has 1 aliphatic rings. The Morgan fingerprint density at radius 3 is 2.27 bits per heavy atom. The number of phenolic OH excluding ortho intramolecular Hbond substituents is 2. The van der Waals surface area contributed by atoms with Gasteiger partial charge in [0.05, 0.1) is 18.2 Å². The van der Waals surface area contributed by atoms with E-state index in [0.29, 0.717) is 5.56 Å². The number of halogens is 1. The zero-order chi connectivity index (χ0) is 16.2. The molecule has 0 heterocycles. The van der Waals surface area contributed by atoms with E-state index in [1.54, 1.807) is 6.92 Å². The number of ether oxygens (including phenoxy) is 1. The zero-order valence-corrected chi connectivity index (χ0v) is 12.5. The Bertz CT molecular complexity index is 854. The lowest BCUT2D eigenvalue weighted by Gasteiger charge is -2.21. The Labute approximate surface area is 130 Å². The number of benzene rings is 2. The first-order valence-electron chi connectivity index (χ1n) is 6.39. The first-order chi connectivity index (χ1) is 10.4. The minimum Gasteiger partial charge on any atom is -0.507 e. The van der Waals surface area contributed by atoms with Gasteiger partial charge in [0, 0.05) is 11.1 Å². The van der Waals surface area contributed by atoms with E-state index in [0.717, 1.165) is 0 Å². The first kappa shape index (κ1) is 14.4. The first-order valence-corrected chi connectivity index (χ1v) is 6.77. The van der Waals surface area contributed by atoms with Gasteiger partial charge in [0.1, 0.15) is 22.3 Å². The molecule has 0 saturated heterocycles. The van der Waals surface area contributed by atoms with E-state index in [2.05, 4.69) is 0 Å². The number of hydrogen-bond acceptors (Lipinski definition) is 5. The van der Waals surface area contributed by atoms with Gasteiger partial charge < -0.3 is 14.9 Å². The van der Waals surface area contributed by atoms with E-state index in [-0.39, 0.29) is 38.8 Å². The van der Waals surface area contributed by atoms with Gasteiger partial charge in [0.2, 0.25) is 5.78 Å². The Kier molecular flexibility index (Phi) is 3.11. The fraction of sp³-hybridized carbons (Fsp3) is 0.125. The van der Waals surface area contributed by atoms with Gasteiger partial charge in [-0.05, 0) is 30.7 Å². The number of rotatable bonds is 1. The summed E-state index contributed by atoms with van der Waals surface area (Å²) in [4.78, 5) is 25.2. The normalized spacial score (nSPS) is 12.9. The molecule has 2 N–H and O–H groups in total. The molecule has 2 aromatic carbocycles. The number of fused-ring (bicyclic) bond motifs is 2. The Morgan fingerprint density at radius 1 is 1.00 bits per heavy atom. The van der Waals surface area contributed by atoms with Crippen molar-refractivity contribution >= 4 is 23.2 Å². The summed E-state index contributed by atoms with van der Waals surface area (Å²) in [5.74, 6) is -1.86. The average Bonchev–Trinajstić information content (AvgIpc) is 2.46. The van der Waals surface area contributed by atoms with Crippen LogP contribution in [0.1, 0.15) is 37.4 Å². The number of carbonyl (C=O) groups is 2. The number of aromatic hydroxyl groups is 2. The summed E-state index contributed by atoms with van der Waals surface area (Å²) in [6.45, 7) is 1.70. The van der Waals surface area contributed by atoms with Gasteiger partial charge in [-0.3, -0.25) is 9.59 Å². The molecule has 1 aliphatic carbocycles. The molecular formula is C16H11ClO5.